The number of carbonyl (C=O) groups is 1. The summed E-state index contributed by atoms with van der Waals surface area (Å²) in [7, 11) is 3.92. The molecule has 0 fully saturated rings. The highest BCUT2D eigenvalue weighted by Gasteiger charge is 2.22. The maximum absolute atomic E-state index is 13.0. The minimum absolute atomic E-state index is 0.401. The summed E-state index contributed by atoms with van der Waals surface area (Å²) in [4.78, 5) is 23.7. The SMILES string of the molecule is CN(C)c1ccc(-c2ccc3c4cnccc4n(C(=O)OC(C)(C)C)c3c2)cn1. The number of anilines is 1. The molecule has 3 aromatic heterocycles. The summed E-state index contributed by atoms with van der Waals surface area (Å²) in [6, 6.07) is 11.9. The van der Waals surface area contributed by atoms with E-state index in [1.165, 1.54) is 0 Å². The first kappa shape index (κ1) is 18.9. The largest absolute Gasteiger partial charge is 0.443 e. The lowest BCUT2D eigenvalue weighted by molar-refractivity contribution is 0.0551. The van der Waals surface area contributed by atoms with Gasteiger partial charge in [-0.3, -0.25) is 4.98 Å². The molecule has 0 N–H and O–H groups in total. The van der Waals surface area contributed by atoms with Gasteiger partial charge in [-0.15, -0.1) is 0 Å². The van der Waals surface area contributed by atoms with Gasteiger partial charge < -0.3 is 9.64 Å². The molecule has 3 heterocycles. The molecule has 0 saturated carbocycles. The van der Waals surface area contributed by atoms with E-state index in [0.29, 0.717) is 0 Å². The molecule has 0 radical (unpaired) electrons. The monoisotopic (exact) mass is 388 g/mol. The van der Waals surface area contributed by atoms with Gasteiger partial charge in [0.2, 0.25) is 0 Å². The van der Waals surface area contributed by atoms with Crippen molar-refractivity contribution < 1.29 is 9.53 Å². The van der Waals surface area contributed by atoms with Crippen molar-refractivity contribution in [2.24, 2.45) is 0 Å². The second-order valence-corrected chi connectivity index (χ2v) is 8.24. The van der Waals surface area contributed by atoms with Gasteiger partial charge in [0, 0.05) is 49.0 Å². The van der Waals surface area contributed by atoms with Crippen LogP contribution in [0.3, 0.4) is 0 Å². The van der Waals surface area contributed by atoms with Crippen LogP contribution in [0.25, 0.3) is 32.9 Å². The molecule has 0 unspecified atom stereocenters. The molecule has 29 heavy (non-hydrogen) atoms. The summed E-state index contributed by atoms with van der Waals surface area (Å²) >= 11 is 0. The Balaban J connectivity index is 1.90. The Hall–Kier alpha value is -3.41. The first-order valence-corrected chi connectivity index (χ1v) is 9.50. The van der Waals surface area contributed by atoms with Crippen LogP contribution >= 0.6 is 0 Å². The summed E-state index contributed by atoms with van der Waals surface area (Å²) in [6.07, 6.45) is 4.92. The number of hydrogen-bond donors (Lipinski definition) is 0. The Morgan fingerprint density at radius 1 is 0.966 bits per heavy atom. The van der Waals surface area contributed by atoms with Crippen LogP contribution in [0, 0.1) is 0 Å². The summed E-state index contributed by atoms with van der Waals surface area (Å²) in [5.41, 5.74) is 2.95. The quantitative estimate of drug-likeness (QED) is 0.478. The molecular weight excluding hydrogens is 364 g/mol. The summed E-state index contributed by atoms with van der Waals surface area (Å²) in [5, 5.41) is 1.88. The molecule has 4 rings (SSSR count). The van der Waals surface area contributed by atoms with E-state index in [2.05, 4.69) is 9.97 Å². The van der Waals surface area contributed by atoms with Gasteiger partial charge in [-0.05, 0) is 50.6 Å². The number of ether oxygens (including phenoxy) is 1. The number of aromatic nitrogens is 3. The molecule has 0 atom stereocenters. The van der Waals surface area contributed by atoms with Crippen LogP contribution in [0.4, 0.5) is 10.6 Å². The molecule has 0 aliphatic heterocycles. The van der Waals surface area contributed by atoms with Gasteiger partial charge >= 0.3 is 6.09 Å². The number of rotatable bonds is 2. The van der Waals surface area contributed by atoms with E-state index in [1.54, 1.807) is 17.0 Å². The summed E-state index contributed by atoms with van der Waals surface area (Å²) in [6.45, 7) is 5.59. The molecule has 0 saturated heterocycles. The summed E-state index contributed by atoms with van der Waals surface area (Å²) < 4.78 is 7.30. The van der Waals surface area contributed by atoms with Crippen LogP contribution < -0.4 is 4.90 Å². The Morgan fingerprint density at radius 3 is 2.38 bits per heavy atom. The highest BCUT2D eigenvalue weighted by Crippen LogP contribution is 2.32. The van der Waals surface area contributed by atoms with Crippen molar-refractivity contribution in [3.8, 4) is 11.1 Å². The Bertz CT molecular complexity index is 1200. The van der Waals surface area contributed by atoms with E-state index < -0.39 is 11.7 Å². The molecule has 0 aliphatic rings. The molecular formula is C23H24N4O2. The molecule has 0 amide bonds. The van der Waals surface area contributed by atoms with Gasteiger partial charge in [0.1, 0.15) is 11.4 Å². The number of benzene rings is 1. The van der Waals surface area contributed by atoms with E-state index >= 15 is 0 Å². The fraction of sp³-hybridized carbons (Fsp3) is 0.261. The van der Waals surface area contributed by atoms with Gasteiger partial charge in [-0.2, -0.15) is 0 Å². The molecule has 1 aromatic carbocycles. The molecule has 0 bridgehead atoms. The Labute approximate surface area is 169 Å². The third-order valence-corrected chi connectivity index (χ3v) is 4.68. The van der Waals surface area contributed by atoms with E-state index in [-0.39, 0.29) is 0 Å². The van der Waals surface area contributed by atoms with Crippen molar-refractivity contribution in [2.45, 2.75) is 26.4 Å². The van der Waals surface area contributed by atoms with Crippen molar-refractivity contribution >= 4 is 33.7 Å². The van der Waals surface area contributed by atoms with Gasteiger partial charge in [-0.1, -0.05) is 12.1 Å². The maximum Gasteiger partial charge on any atom is 0.419 e. The summed E-state index contributed by atoms with van der Waals surface area (Å²) in [5.74, 6) is 0.892. The minimum Gasteiger partial charge on any atom is -0.443 e. The van der Waals surface area contributed by atoms with Crippen LogP contribution in [-0.4, -0.2) is 40.3 Å². The van der Waals surface area contributed by atoms with Gasteiger partial charge in [0.15, 0.2) is 0 Å². The lowest BCUT2D eigenvalue weighted by Crippen LogP contribution is -2.27. The molecule has 0 aliphatic carbocycles. The van der Waals surface area contributed by atoms with E-state index in [0.717, 1.165) is 38.8 Å². The lowest BCUT2D eigenvalue weighted by atomic mass is 10.1. The zero-order valence-corrected chi connectivity index (χ0v) is 17.3. The fourth-order valence-corrected chi connectivity index (χ4v) is 3.37. The molecule has 0 spiro atoms. The van der Waals surface area contributed by atoms with Crippen molar-refractivity contribution in [1.82, 2.24) is 14.5 Å². The normalized spacial score (nSPS) is 11.8. The van der Waals surface area contributed by atoms with Gasteiger partial charge in [-0.25, -0.2) is 14.3 Å². The molecule has 6 heteroatoms. The van der Waals surface area contributed by atoms with Crippen molar-refractivity contribution in [2.75, 3.05) is 19.0 Å². The van der Waals surface area contributed by atoms with Crippen LogP contribution in [0.2, 0.25) is 0 Å². The first-order chi connectivity index (χ1) is 13.7. The topological polar surface area (TPSA) is 60.2 Å². The predicted molar refractivity (Wildman–Crippen MR) is 116 cm³/mol. The zero-order valence-electron chi connectivity index (χ0n) is 17.3. The average Bonchev–Trinajstić information content (AvgIpc) is 3.00. The number of pyridine rings is 2. The highest BCUT2D eigenvalue weighted by molar-refractivity contribution is 6.13. The second kappa shape index (κ2) is 6.88. The maximum atomic E-state index is 13.0. The van der Waals surface area contributed by atoms with Gasteiger partial charge in [0.25, 0.3) is 0 Å². The zero-order chi connectivity index (χ0) is 20.8. The van der Waals surface area contributed by atoms with Crippen molar-refractivity contribution in [3.05, 3.63) is 55.0 Å². The number of carbonyl (C=O) groups excluding carboxylic acids is 1. The molecule has 148 valence electrons. The third kappa shape index (κ3) is 3.53. The van der Waals surface area contributed by atoms with E-state index in [9.17, 15) is 4.79 Å². The van der Waals surface area contributed by atoms with E-state index in [4.69, 9.17) is 4.74 Å². The first-order valence-electron chi connectivity index (χ1n) is 9.50. The second-order valence-electron chi connectivity index (χ2n) is 8.24. The van der Waals surface area contributed by atoms with Crippen LogP contribution in [0.15, 0.2) is 55.0 Å². The number of fused-ring (bicyclic) bond motifs is 3. The third-order valence-electron chi connectivity index (χ3n) is 4.68. The van der Waals surface area contributed by atoms with Gasteiger partial charge in [0.05, 0.1) is 11.0 Å². The van der Waals surface area contributed by atoms with Crippen LogP contribution in [0.1, 0.15) is 20.8 Å². The Kier molecular flexibility index (Phi) is 4.49. The van der Waals surface area contributed by atoms with Crippen LogP contribution in [-0.2, 0) is 4.74 Å². The molecule has 6 nitrogen and oxygen atoms in total. The number of hydrogen-bond acceptors (Lipinski definition) is 5. The highest BCUT2D eigenvalue weighted by atomic mass is 16.6. The smallest absolute Gasteiger partial charge is 0.419 e. The van der Waals surface area contributed by atoms with Crippen molar-refractivity contribution in [1.29, 1.82) is 0 Å². The fourth-order valence-electron chi connectivity index (χ4n) is 3.37. The minimum atomic E-state index is -0.587. The number of nitrogens with zero attached hydrogens (tertiary/aromatic N) is 4. The van der Waals surface area contributed by atoms with Crippen molar-refractivity contribution in [3.63, 3.8) is 0 Å². The standard InChI is InChI=1S/C23H24N4O2/c1-23(2,3)29-22(28)27-19-10-11-24-14-18(19)17-8-6-15(12-20(17)27)16-7-9-21(25-13-16)26(4)5/h6-14H,1-5H3. The lowest BCUT2D eigenvalue weighted by Gasteiger charge is -2.20. The van der Waals surface area contributed by atoms with E-state index in [1.807, 2.05) is 82.4 Å². The Morgan fingerprint density at radius 2 is 1.72 bits per heavy atom. The predicted octanol–water partition coefficient (Wildman–Crippen LogP) is 5.10. The molecule has 4 aromatic rings. The van der Waals surface area contributed by atoms with Crippen LogP contribution in [0.5, 0.6) is 0 Å². The average molecular weight is 388 g/mol.